The van der Waals surface area contributed by atoms with E-state index in [1.165, 1.54) is 18.2 Å². The lowest BCUT2D eigenvalue weighted by molar-refractivity contribution is -0.141. The highest BCUT2D eigenvalue weighted by molar-refractivity contribution is 5.71. The van der Waals surface area contributed by atoms with Gasteiger partial charge in [0.2, 0.25) is 0 Å². The Morgan fingerprint density at radius 1 is 1.47 bits per heavy atom. The van der Waals surface area contributed by atoms with Gasteiger partial charge >= 0.3 is 5.97 Å². The molecule has 0 radical (unpaired) electrons. The van der Waals surface area contributed by atoms with Crippen LogP contribution >= 0.6 is 0 Å². The van der Waals surface area contributed by atoms with E-state index in [0.717, 1.165) is 38.3 Å². The van der Waals surface area contributed by atoms with Crippen LogP contribution in [-0.4, -0.2) is 44.2 Å². The van der Waals surface area contributed by atoms with E-state index in [-0.39, 0.29) is 5.97 Å². The topological polar surface area (TPSA) is 38.8 Å². The van der Waals surface area contributed by atoms with E-state index in [0.29, 0.717) is 6.54 Å². The van der Waals surface area contributed by atoms with E-state index in [1.807, 2.05) is 6.07 Å². The van der Waals surface area contributed by atoms with Crippen molar-refractivity contribution in [1.82, 2.24) is 4.90 Å². The van der Waals surface area contributed by atoms with Gasteiger partial charge in [-0.15, -0.1) is 0 Å². The van der Waals surface area contributed by atoms with Crippen LogP contribution in [0, 0.1) is 0 Å². The molecule has 1 aliphatic rings. The number of nitrogens with zero attached hydrogens (tertiary/aromatic N) is 1. The number of carbonyl (C=O) groups is 1. The number of ether oxygens (including phenoxy) is 2. The smallest absolute Gasteiger partial charge is 0.319 e. The summed E-state index contributed by atoms with van der Waals surface area (Å²) in [6.07, 6.45) is 1.95. The molecule has 0 aliphatic carbocycles. The van der Waals surface area contributed by atoms with Crippen molar-refractivity contribution >= 4 is 5.97 Å². The van der Waals surface area contributed by atoms with E-state index in [1.54, 1.807) is 0 Å². The highest BCUT2D eigenvalue weighted by Gasteiger charge is 2.13. The van der Waals surface area contributed by atoms with E-state index in [9.17, 15) is 4.79 Å². The maximum absolute atomic E-state index is 11.3. The summed E-state index contributed by atoms with van der Waals surface area (Å²) in [5, 5.41) is 0. The SMILES string of the molecule is CCN(CCc1ccc2c(c1)CCO2)CC(=O)OC. The molecule has 0 saturated heterocycles. The summed E-state index contributed by atoms with van der Waals surface area (Å²) >= 11 is 0. The lowest BCUT2D eigenvalue weighted by Gasteiger charge is -2.18. The van der Waals surface area contributed by atoms with Gasteiger partial charge in [-0.25, -0.2) is 0 Å². The molecule has 1 aliphatic heterocycles. The first-order valence-corrected chi connectivity index (χ1v) is 6.76. The fourth-order valence-corrected chi connectivity index (χ4v) is 2.28. The largest absolute Gasteiger partial charge is 0.493 e. The Bertz CT molecular complexity index is 445. The average molecular weight is 263 g/mol. The Hall–Kier alpha value is -1.55. The minimum Gasteiger partial charge on any atom is -0.493 e. The molecule has 0 N–H and O–H groups in total. The molecule has 0 bridgehead atoms. The Labute approximate surface area is 114 Å². The van der Waals surface area contributed by atoms with Crippen LogP contribution in [0.2, 0.25) is 0 Å². The molecule has 0 saturated carbocycles. The van der Waals surface area contributed by atoms with Gasteiger partial charge < -0.3 is 9.47 Å². The number of likely N-dealkylation sites (N-methyl/N-ethyl adjacent to an activating group) is 1. The molecule has 2 rings (SSSR count). The summed E-state index contributed by atoms with van der Waals surface area (Å²) in [6.45, 7) is 4.93. The third kappa shape index (κ3) is 3.70. The van der Waals surface area contributed by atoms with Gasteiger partial charge in [0.15, 0.2) is 0 Å². The Balaban J connectivity index is 1.88. The van der Waals surface area contributed by atoms with Crippen LogP contribution < -0.4 is 4.74 Å². The molecular weight excluding hydrogens is 242 g/mol. The summed E-state index contributed by atoms with van der Waals surface area (Å²) in [4.78, 5) is 13.4. The standard InChI is InChI=1S/C15H21NO3/c1-3-16(11-15(17)18-2)8-6-12-4-5-14-13(10-12)7-9-19-14/h4-5,10H,3,6-9,11H2,1-2H3. The fourth-order valence-electron chi connectivity index (χ4n) is 2.28. The minimum atomic E-state index is -0.177. The number of rotatable bonds is 6. The first kappa shape index (κ1) is 13.9. The number of fused-ring (bicyclic) bond motifs is 1. The molecule has 1 heterocycles. The first-order chi connectivity index (χ1) is 9.22. The molecule has 1 aromatic rings. The molecule has 0 fully saturated rings. The minimum absolute atomic E-state index is 0.177. The molecule has 1 aromatic carbocycles. The van der Waals surface area contributed by atoms with Gasteiger partial charge in [-0.1, -0.05) is 19.1 Å². The zero-order valence-corrected chi connectivity index (χ0v) is 11.6. The fraction of sp³-hybridized carbons (Fsp3) is 0.533. The Morgan fingerprint density at radius 3 is 3.05 bits per heavy atom. The predicted octanol–water partition coefficient (Wildman–Crippen LogP) is 1.66. The maximum Gasteiger partial charge on any atom is 0.319 e. The number of hydrogen-bond donors (Lipinski definition) is 0. The van der Waals surface area contributed by atoms with Gasteiger partial charge in [-0.05, 0) is 30.2 Å². The third-order valence-corrected chi connectivity index (χ3v) is 3.50. The van der Waals surface area contributed by atoms with Gasteiger partial charge in [0, 0.05) is 13.0 Å². The molecule has 4 nitrogen and oxygen atoms in total. The van der Waals surface area contributed by atoms with Crippen molar-refractivity contribution in [2.75, 3.05) is 33.4 Å². The van der Waals surface area contributed by atoms with Crippen LogP contribution in [0.3, 0.4) is 0 Å². The summed E-state index contributed by atoms with van der Waals surface area (Å²) in [5.74, 6) is 0.842. The molecule has 19 heavy (non-hydrogen) atoms. The summed E-state index contributed by atoms with van der Waals surface area (Å²) < 4.78 is 10.2. The average Bonchev–Trinajstić information content (AvgIpc) is 2.90. The van der Waals surface area contributed by atoms with Crippen LogP contribution in [0.5, 0.6) is 5.75 Å². The van der Waals surface area contributed by atoms with Crippen molar-refractivity contribution in [3.63, 3.8) is 0 Å². The van der Waals surface area contributed by atoms with Crippen LogP contribution in [0.25, 0.3) is 0 Å². The predicted molar refractivity (Wildman–Crippen MR) is 73.5 cm³/mol. The van der Waals surface area contributed by atoms with Gasteiger partial charge in [0.1, 0.15) is 5.75 Å². The van der Waals surface area contributed by atoms with E-state index < -0.39 is 0 Å². The molecule has 104 valence electrons. The van der Waals surface area contributed by atoms with Crippen molar-refractivity contribution in [3.05, 3.63) is 29.3 Å². The third-order valence-electron chi connectivity index (χ3n) is 3.50. The normalized spacial score (nSPS) is 13.2. The molecule has 0 spiro atoms. The number of methoxy groups -OCH3 is 1. The van der Waals surface area contributed by atoms with Gasteiger partial charge in [0.05, 0.1) is 20.3 Å². The summed E-state index contributed by atoms with van der Waals surface area (Å²) in [7, 11) is 1.43. The monoisotopic (exact) mass is 263 g/mol. The van der Waals surface area contributed by atoms with Gasteiger partial charge in [0.25, 0.3) is 0 Å². The van der Waals surface area contributed by atoms with Crippen molar-refractivity contribution in [2.45, 2.75) is 19.8 Å². The van der Waals surface area contributed by atoms with Crippen molar-refractivity contribution in [3.8, 4) is 5.75 Å². The van der Waals surface area contributed by atoms with E-state index in [4.69, 9.17) is 9.47 Å². The van der Waals surface area contributed by atoms with Gasteiger partial charge in [-0.3, -0.25) is 9.69 Å². The second-order valence-electron chi connectivity index (χ2n) is 4.74. The number of benzene rings is 1. The number of esters is 1. The second-order valence-corrected chi connectivity index (χ2v) is 4.74. The number of hydrogen-bond acceptors (Lipinski definition) is 4. The van der Waals surface area contributed by atoms with Crippen LogP contribution in [-0.2, 0) is 22.4 Å². The molecule has 0 unspecified atom stereocenters. The van der Waals surface area contributed by atoms with E-state index in [2.05, 4.69) is 24.0 Å². The second kappa shape index (κ2) is 6.57. The summed E-state index contributed by atoms with van der Waals surface area (Å²) in [5.41, 5.74) is 2.60. The van der Waals surface area contributed by atoms with Crippen LogP contribution in [0.1, 0.15) is 18.1 Å². The lowest BCUT2D eigenvalue weighted by atomic mass is 10.1. The van der Waals surface area contributed by atoms with Crippen LogP contribution in [0.4, 0.5) is 0 Å². The highest BCUT2D eigenvalue weighted by atomic mass is 16.5. The van der Waals surface area contributed by atoms with Crippen molar-refractivity contribution in [2.24, 2.45) is 0 Å². The zero-order valence-electron chi connectivity index (χ0n) is 11.6. The quantitative estimate of drug-likeness (QED) is 0.732. The van der Waals surface area contributed by atoms with Gasteiger partial charge in [-0.2, -0.15) is 0 Å². The molecule has 4 heteroatoms. The summed E-state index contributed by atoms with van der Waals surface area (Å²) in [6, 6.07) is 6.37. The van der Waals surface area contributed by atoms with Crippen molar-refractivity contribution < 1.29 is 14.3 Å². The number of carbonyl (C=O) groups excluding carboxylic acids is 1. The van der Waals surface area contributed by atoms with Crippen LogP contribution in [0.15, 0.2) is 18.2 Å². The maximum atomic E-state index is 11.3. The van der Waals surface area contributed by atoms with Crippen molar-refractivity contribution in [1.29, 1.82) is 0 Å². The zero-order chi connectivity index (χ0) is 13.7. The lowest BCUT2D eigenvalue weighted by Crippen LogP contribution is -2.32. The highest BCUT2D eigenvalue weighted by Crippen LogP contribution is 2.25. The molecule has 0 atom stereocenters. The molecule has 0 aromatic heterocycles. The first-order valence-electron chi connectivity index (χ1n) is 6.76. The Kier molecular flexibility index (Phi) is 4.80. The Morgan fingerprint density at radius 2 is 2.32 bits per heavy atom. The molecule has 0 amide bonds. The molecular formula is C15H21NO3. The van der Waals surface area contributed by atoms with E-state index >= 15 is 0 Å².